The Balaban J connectivity index is 1.47. The summed E-state index contributed by atoms with van der Waals surface area (Å²) < 4.78 is 0. The highest BCUT2D eigenvalue weighted by Crippen LogP contribution is 2.50. The Bertz CT molecular complexity index is 1110. The molecule has 1 aliphatic heterocycles. The number of nitrogens with one attached hydrogen (secondary N) is 1. The number of hydrogen-bond acceptors (Lipinski definition) is 3. The SMILES string of the molecule is CN(C(=O)c1ccc2c(c1)C1C=CCC1C(c1ccc(O)cc1)N2)c1ccccc1. The summed E-state index contributed by atoms with van der Waals surface area (Å²) in [6.07, 6.45) is 5.50. The zero-order valence-electron chi connectivity index (χ0n) is 16.8. The number of amides is 1. The van der Waals surface area contributed by atoms with E-state index in [1.165, 1.54) is 11.1 Å². The molecule has 3 aromatic rings. The number of carbonyl (C=O) groups is 1. The minimum atomic E-state index is -0.0109. The Morgan fingerprint density at radius 3 is 2.57 bits per heavy atom. The first kappa shape index (κ1) is 18.5. The van der Waals surface area contributed by atoms with Crippen LogP contribution in [0.2, 0.25) is 0 Å². The van der Waals surface area contributed by atoms with Crippen LogP contribution in [0.3, 0.4) is 0 Å². The van der Waals surface area contributed by atoms with Gasteiger partial charge in [-0.25, -0.2) is 0 Å². The zero-order valence-corrected chi connectivity index (χ0v) is 16.8. The molecule has 0 saturated heterocycles. The monoisotopic (exact) mass is 396 g/mol. The summed E-state index contributed by atoms with van der Waals surface area (Å²) in [6, 6.07) is 23.3. The second-order valence-electron chi connectivity index (χ2n) is 8.07. The van der Waals surface area contributed by atoms with Gasteiger partial charge in [0.1, 0.15) is 5.75 Å². The van der Waals surface area contributed by atoms with Crippen molar-refractivity contribution in [1.82, 2.24) is 0 Å². The van der Waals surface area contributed by atoms with Crippen LogP contribution in [0.25, 0.3) is 0 Å². The third-order valence-corrected chi connectivity index (χ3v) is 6.31. The van der Waals surface area contributed by atoms with Crippen LogP contribution in [-0.4, -0.2) is 18.1 Å². The molecule has 1 amide bonds. The third-order valence-electron chi connectivity index (χ3n) is 6.31. The number of rotatable bonds is 3. The molecule has 2 N–H and O–H groups in total. The summed E-state index contributed by atoms with van der Waals surface area (Å²) in [5, 5.41) is 13.3. The predicted octanol–water partition coefficient (Wildman–Crippen LogP) is 5.50. The molecule has 2 aliphatic rings. The van der Waals surface area contributed by atoms with Crippen LogP contribution in [0.4, 0.5) is 11.4 Å². The quantitative estimate of drug-likeness (QED) is 0.575. The van der Waals surface area contributed by atoms with Crippen molar-refractivity contribution in [3.63, 3.8) is 0 Å². The lowest BCUT2D eigenvalue weighted by atomic mass is 9.76. The van der Waals surface area contributed by atoms with E-state index in [0.29, 0.717) is 11.5 Å². The van der Waals surface area contributed by atoms with Gasteiger partial charge in [0.25, 0.3) is 5.91 Å². The first-order chi connectivity index (χ1) is 14.6. The lowest BCUT2D eigenvalue weighted by molar-refractivity contribution is 0.0993. The van der Waals surface area contributed by atoms with Crippen molar-refractivity contribution >= 4 is 17.3 Å². The first-order valence-electron chi connectivity index (χ1n) is 10.3. The fourth-order valence-electron chi connectivity index (χ4n) is 4.70. The molecule has 5 rings (SSSR count). The molecule has 0 bridgehead atoms. The Hall–Kier alpha value is -3.53. The van der Waals surface area contributed by atoms with Crippen molar-refractivity contribution in [2.45, 2.75) is 18.4 Å². The number of nitrogens with zero attached hydrogens (tertiary/aromatic N) is 1. The van der Waals surface area contributed by atoms with Crippen molar-refractivity contribution in [3.05, 3.63) is 102 Å². The number of anilines is 2. The van der Waals surface area contributed by atoms with Crippen LogP contribution in [0.1, 0.15) is 39.9 Å². The molecule has 1 heterocycles. The van der Waals surface area contributed by atoms with E-state index < -0.39 is 0 Å². The van der Waals surface area contributed by atoms with Gasteiger partial charge in [-0.3, -0.25) is 4.79 Å². The molecule has 150 valence electrons. The summed E-state index contributed by atoms with van der Waals surface area (Å²) in [7, 11) is 1.81. The first-order valence-corrected chi connectivity index (χ1v) is 10.3. The minimum Gasteiger partial charge on any atom is -0.508 e. The number of phenols is 1. The lowest BCUT2D eigenvalue weighted by Crippen LogP contribution is -2.30. The van der Waals surface area contributed by atoms with Gasteiger partial charge in [-0.05, 0) is 65.9 Å². The molecule has 0 saturated carbocycles. The molecule has 3 aromatic carbocycles. The predicted molar refractivity (Wildman–Crippen MR) is 120 cm³/mol. The number of aromatic hydroxyl groups is 1. The van der Waals surface area contributed by atoms with E-state index in [1.54, 1.807) is 17.0 Å². The van der Waals surface area contributed by atoms with E-state index in [4.69, 9.17) is 0 Å². The molecule has 4 nitrogen and oxygen atoms in total. The Labute approximate surface area is 176 Å². The topological polar surface area (TPSA) is 52.6 Å². The Kier molecular flexibility index (Phi) is 4.55. The van der Waals surface area contributed by atoms with E-state index >= 15 is 0 Å². The molecular formula is C26H24N2O2. The van der Waals surface area contributed by atoms with Crippen molar-refractivity contribution in [2.75, 3.05) is 17.3 Å². The molecule has 3 unspecified atom stereocenters. The maximum Gasteiger partial charge on any atom is 0.258 e. The number of allylic oxidation sites excluding steroid dienone is 2. The summed E-state index contributed by atoms with van der Waals surface area (Å²) in [4.78, 5) is 14.8. The van der Waals surface area contributed by atoms with E-state index in [1.807, 2.05) is 67.7 Å². The fourth-order valence-corrected chi connectivity index (χ4v) is 4.70. The van der Waals surface area contributed by atoms with Crippen LogP contribution >= 0.6 is 0 Å². The maximum absolute atomic E-state index is 13.1. The van der Waals surface area contributed by atoms with Gasteiger partial charge in [0.15, 0.2) is 0 Å². The van der Waals surface area contributed by atoms with Crippen molar-refractivity contribution < 1.29 is 9.90 Å². The van der Waals surface area contributed by atoms with Crippen LogP contribution in [0.15, 0.2) is 84.9 Å². The number of hydrogen-bond donors (Lipinski definition) is 2. The molecule has 0 aromatic heterocycles. The molecule has 0 spiro atoms. The standard InChI is InChI=1S/C26H24N2O2/c1-28(19-6-3-2-4-7-19)26(30)18-12-15-24-23(16-18)21-8-5-9-22(21)25(27-24)17-10-13-20(29)14-11-17/h2-8,10-16,21-22,25,27,29H,9H2,1H3. The molecule has 1 aliphatic carbocycles. The lowest BCUT2D eigenvalue weighted by Gasteiger charge is -2.37. The Morgan fingerprint density at radius 1 is 1.03 bits per heavy atom. The van der Waals surface area contributed by atoms with Gasteiger partial charge in [0.2, 0.25) is 0 Å². The van der Waals surface area contributed by atoms with Gasteiger partial charge >= 0.3 is 0 Å². The van der Waals surface area contributed by atoms with Crippen molar-refractivity contribution in [2.24, 2.45) is 5.92 Å². The maximum atomic E-state index is 13.1. The highest BCUT2D eigenvalue weighted by molar-refractivity contribution is 6.06. The van der Waals surface area contributed by atoms with Crippen LogP contribution in [-0.2, 0) is 0 Å². The normalized spacial score (nSPS) is 21.4. The van der Waals surface area contributed by atoms with Gasteiger partial charge in [0.05, 0.1) is 6.04 Å². The van der Waals surface area contributed by atoms with Crippen molar-refractivity contribution in [3.8, 4) is 5.75 Å². The highest BCUT2D eigenvalue weighted by atomic mass is 16.3. The molecular weight excluding hydrogens is 372 g/mol. The minimum absolute atomic E-state index is 0.0109. The van der Waals surface area contributed by atoms with Gasteiger partial charge < -0.3 is 15.3 Å². The van der Waals surface area contributed by atoms with E-state index in [9.17, 15) is 9.90 Å². The molecule has 0 fully saturated rings. The summed E-state index contributed by atoms with van der Waals surface area (Å²) >= 11 is 0. The van der Waals surface area contributed by atoms with E-state index in [-0.39, 0.29) is 23.6 Å². The Morgan fingerprint density at radius 2 is 1.80 bits per heavy atom. The number of carbonyl (C=O) groups excluding carboxylic acids is 1. The smallest absolute Gasteiger partial charge is 0.258 e. The summed E-state index contributed by atoms with van der Waals surface area (Å²) in [5.74, 6) is 0.930. The summed E-state index contributed by atoms with van der Waals surface area (Å²) in [5.41, 5.74) is 4.99. The van der Waals surface area contributed by atoms with Crippen LogP contribution < -0.4 is 10.2 Å². The number of fused-ring (bicyclic) bond motifs is 3. The second-order valence-corrected chi connectivity index (χ2v) is 8.07. The van der Waals surface area contributed by atoms with Gasteiger partial charge in [0, 0.05) is 29.9 Å². The van der Waals surface area contributed by atoms with Crippen molar-refractivity contribution in [1.29, 1.82) is 0 Å². The molecule has 0 radical (unpaired) electrons. The molecule has 30 heavy (non-hydrogen) atoms. The molecule has 3 atom stereocenters. The average molecular weight is 396 g/mol. The average Bonchev–Trinajstić information content (AvgIpc) is 3.29. The second kappa shape index (κ2) is 7.38. The number of benzene rings is 3. The third kappa shape index (κ3) is 3.14. The number of para-hydroxylation sites is 1. The summed E-state index contributed by atoms with van der Waals surface area (Å²) in [6.45, 7) is 0. The van der Waals surface area contributed by atoms with E-state index in [2.05, 4.69) is 17.5 Å². The van der Waals surface area contributed by atoms with Gasteiger partial charge in [-0.15, -0.1) is 0 Å². The van der Waals surface area contributed by atoms with Gasteiger partial charge in [-0.1, -0.05) is 42.5 Å². The van der Waals surface area contributed by atoms with Crippen LogP contribution in [0, 0.1) is 5.92 Å². The van der Waals surface area contributed by atoms with Gasteiger partial charge in [-0.2, -0.15) is 0 Å². The highest BCUT2D eigenvalue weighted by Gasteiger charge is 2.38. The number of phenolic OH excluding ortho intramolecular Hbond substituents is 1. The fraction of sp³-hybridized carbons (Fsp3) is 0.192. The molecule has 4 heteroatoms. The zero-order chi connectivity index (χ0) is 20.7. The largest absolute Gasteiger partial charge is 0.508 e. The van der Waals surface area contributed by atoms with Crippen LogP contribution in [0.5, 0.6) is 5.75 Å². The van der Waals surface area contributed by atoms with E-state index in [0.717, 1.165) is 17.8 Å².